The maximum Gasteiger partial charge on any atom is 0.261 e. The van der Waals surface area contributed by atoms with Crippen molar-refractivity contribution in [3.63, 3.8) is 0 Å². The number of aromatic amines is 1. The Morgan fingerprint density at radius 3 is 2.68 bits per heavy atom. The molecule has 7 nitrogen and oxygen atoms in total. The number of furan rings is 1. The number of nitrogens with zero attached hydrogens (tertiary/aromatic N) is 2. The third kappa shape index (κ3) is 3.40. The van der Waals surface area contributed by atoms with Gasteiger partial charge in [-0.2, -0.15) is 0 Å². The summed E-state index contributed by atoms with van der Waals surface area (Å²) in [5.74, 6) is 0.963. The van der Waals surface area contributed by atoms with Crippen LogP contribution < -0.4 is 10.9 Å². The van der Waals surface area contributed by atoms with Gasteiger partial charge in [-0.1, -0.05) is 13.8 Å². The van der Waals surface area contributed by atoms with Crippen LogP contribution in [0, 0.1) is 5.92 Å². The van der Waals surface area contributed by atoms with Gasteiger partial charge in [-0.25, -0.2) is 4.98 Å². The number of imidazole rings is 1. The SMILES string of the molecule is CC(C)C(NC(=O)c1ccc(-c2ccco2)[nH]c1=O)c1nccn1C. The van der Waals surface area contributed by atoms with Crippen molar-refractivity contribution in [2.75, 3.05) is 0 Å². The van der Waals surface area contributed by atoms with Crippen LogP contribution in [-0.4, -0.2) is 20.4 Å². The van der Waals surface area contributed by atoms with Crippen molar-refractivity contribution in [2.45, 2.75) is 19.9 Å². The molecule has 1 amide bonds. The predicted octanol–water partition coefficient (Wildman–Crippen LogP) is 2.50. The van der Waals surface area contributed by atoms with Gasteiger partial charge in [-0.3, -0.25) is 9.59 Å². The number of pyridine rings is 1. The number of rotatable bonds is 5. The normalized spacial score (nSPS) is 12.3. The lowest BCUT2D eigenvalue weighted by molar-refractivity contribution is 0.0921. The van der Waals surface area contributed by atoms with Gasteiger partial charge in [-0.15, -0.1) is 0 Å². The van der Waals surface area contributed by atoms with Gasteiger partial charge in [0.2, 0.25) is 0 Å². The molecule has 0 aliphatic heterocycles. The lowest BCUT2D eigenvalue weighted by atomic mass is 10.0. The van der Waals surface area contributed by atoms with E-state index in [1.807, 2.05) is 31.7 Å². The van der Waals surface area contributed by atoms with Crippen LogP contribution in [0.4, 0.5) is 0 Å². The van der Waals surface area contributed by atoms with Gasteiger partial charge < -0.3 is 19.3 Å². The van der Waals surface area contributed by atoms with Gasteiger partial charge in [0.1, 0.15) is 17.1 Å². The van der Waals surface area contributed by atoms with Crippen molar-refractivity contribution in [2.24, 2.45) is 13.0 Å². The number of hydrogen-bond acceptors (Lipinski definition) is 4. The van der Waals surface area contributed by atoms with Crippen molar-refractivity contribution in [3.05, 3.63) is 64.7 Å². The Bertz CT molecular complexity index is 922. The van der Waals surface area contributed by atoms with E-state index in [-0.39, 0.29) is 17.5 Å². The van der Waals surface area contributed by atoms with E-state index in [0.29, 0.717) is 11.5 Å². The first-order valence-corrected chi connectivity index (χ1v) is 8.02. The molecule has 0 aliphatic rings. The molecule has 25 heavy (non-hydrogen) atoms. The molecule has 0 saturated heterocycles. The fourth-order valence-electron chi connectivity index (χ4n) is 2.65. The van der Waals surface area contributed by atoms with Crippen LogP contribution in [0.1, 0.15) is 36.1 Å². The second-order valence-electron chi connectivity index (χ2n) is 6.18. The number of amides is 1. The predicted molar refractivity (Wildman–Crippen MR) is 93.0 cm³/mol. The number of nitrogens with one attached hydrogen (secondary N) is 2. The van der Waals surface area contributed by atoms with Crippen LogP contribution in [0.2, 0.25) is 0 Å². The number of aryl methyl sites for hydroxylation is 1. The minimum Gasteiger partial charge on any atom is -0.463 e. The molecule has 1 unspecified atom stereocenters. The molecular formula is C18H20N4O3. The zero-order valence-corrected chi connectivity index (χ0v) is 14.3. The minimum atomic E-state index is -0.464. The molecule has 2 N–H and O–H groups in total. The molecule has 0 radical (unpaired) electrons. The highest BCUT2D eigenvalue weighted by molar-refractivity contribution is 5.94. The number of aromatic nitrogens is 3. The quantitative estimate of drug-likeness (QED) is 0.746. The summed E-state index contributed by atoms with van der Waals surface area (Å²) < 4.78 is 7.11. The van der Waals surface area contributed by atoms with E-state index < -0.39 is 11.5 Å². The fraction of sp³-hybridized carbons (Fsp3) is 0.278. The smallest absolute Gasteiger partial charge is 0.261 e. The first-order chi connectivity index (χ1) is 12.0. The van der Waals surface area contributed by atoms with Gasteiger partial charge in [0.15, 0.2) is 0 Å². The van der Waals surface area contributed by atoms with Crippen LogP contribution in [0.3, 0.4) is 0 Å². The summed E-state index contributed by atoms with van der Waals surface area (Å²) in [7, 11) is 1.87. The number of H-pyrrole nitrogens is 1. The maximum atomic E-state index is 12.6. The van der Waals surface area contributed by atoms with Crippen molar-refractivity contribution < 1.29 is 9.21 Å². The van der Waals surface area contributed by atoms with Crippen molar-refractivity contribution in [1.82, 2.24) is 19.9 Å². The molecule has 130 valence electrons. The standard InChI is InChI=1S/C18H20N4O3/c1-11(2)15(16-19-8-9-22(16)3)21-18(24)12-6-7-13(20-17(12)23)14-5-4-10-25-14/h4-11,15H,1-3H3,(H,20,23)(H,21,24). The highest BCUT2D eigenvalue weighted by Crippen LogP contribution is 2.20. The number of carbonyl (C=O) groups is 1. The summed E-state index contributed by atoms with van der Waals surface area (Å²) in [6.07, 6.45) is 5.03. The first kappa shape index (κ1) is 16.8. The molecule has 0 aromatic carbocycles. The van der Waals surface area contributed by atoms with Gasteiger partial charge >= 0.3 is 0 Å². The molecule has 3 rings (SSSR count). The number of carbonyl (C=O) groups excluding carboxylic acids is 1. The fourth-order valence-corrected chi connectivity index (χ4v) is 2.65. The molecule has 3 aromatic heterocycles. The summed E-state index contributed by atoms with van der Waals surface area (Å²) in [6.45, 7) is 3.98. The van der Waals surface area contributed by atoms with Crippen LogP contribution in [0.25, 0.3) is 11.5 Å². The molecule has 7 heteroatoms. The Labute approximate surface area is 144 Å². The van der Waals surface area contributed by atoms with Crippen LogP contribution in [0.15, 0.2) is 52.1 Å². The van der Waals surface area contributed by atoms with Crippen LogP contribution in [-0.2, 0) is 7.05 Å². The molecule has 0 fully saturated rings. The Hall–Kier alpha value is -3.09. The summed E-state index contributed by atoms with van der Waals surface area (Å²) in [5.41, 5.74) is 0.111. The Morgan fingerprint density at radius 1 is 1.32 bits per heavy atom. The Kier molecular flexibility index (Phi) is 4.56. The highest BCUT2D eigenvalue weighted by Gasteiger charge is 2.23. The highest BCUT2D eigenvalue weighted by atomic mass is 16.3. The number of hydrogen-bond donors (Lipinski definition) is 2. The van der Waals surface area contributed by atoms with Gasteiger partial charge in [0, 0.05) is 19.4 Å². The zero-order chi connectivity index (χ0) is 18.0. The molecular weight excluding hydrogens is 320 g/mol. The van der Waals surface area contributed by atoms with Gasteiger partial charge in [0.25, 0.3) is 11.5 Å². The van der Waals surface area contributed by atoms with E-state index in [2.05, 4.69) is 15.3 Å². The lowest BCUT2D eigenvalue weighted by Crippen LogP contribution is -2.36. The lowest BCUT2D eigenvalue weighted by Gasteiger charge is -2.22. The van der Waals surface area contributed by atoms with Crippen molar-refractivity contribution in [3.8, 4) is 11.5 Å². The van der Waals surface area contributed by atoms with E-state index in [1.54, 1.807) is 24.4 Å². The molecule has 0 saturated carbocycles. The van der Waals surface area contributed by atoms with E-state index in [0.717, 1.165) is 5.82 Å². The summed E-state index contributed by atoms with van der Waals surface area (Å²) in [5, 5.41) is 2.91. The molecule has 3 aromatic rings. The average Bonchev–Trinajstić information content (AvgIpc) is 3.23. The third-order valence-corrected chi connectivity index (χ3v) is 4.03. The van der Waals surface area contributed by atoms with E-state index in [1.165, 1.54) is 12.3 Å². The molecule has 3 heterocycles. The Balaban J connectivity index is 1.85. The second kappa shape index (κ2) is 6.80. The van der Waals surface area contributed by atoms with Crippen molar-refractivity contribution in [1.29, 1.82) is 0 Å². The van der Waals surface area contributed by atoms with Crippen molar-refractivity contribution >= 4 is 5.91 Å². The second-order valence-corrected chi connectivity index (χ2v) is 6.18. The first-order valence-electron chi connectivity index (χ1n) is 8.02. The van der Waals surface area contributed by atoms with Gasteiger partial charge in [0.05, 0.1) is 18.0 Å². The zero-order valence-electron chi connectivity index (χ0n) is 14.3. The topological polar surface area (TPSA) is 92.9 Å². The van der Waals surface area contributed by atoms with E-state index in [4.69, 9.17) is 4.42 Å². The van der Waals surface area contributed by atoms with E-state index in [9.17, 15) is 9.59 Å². The Morgan fingerprint density at radius 2 is 2.12 bits per heavy atom. The average molecular weight is 340 g/mol. The van der Waals surface area contributed by atoms with Gasteiger partial charge in [-0.05, 0) is 30.2 Å². The monoisotopic (exact) mass is 340 g/mol. The van der Waals surface area contributed by atoms with Crippen LogP contribution in [0.5, 0.6) is 0 Å². The molecule has 0 spiro atoms. The van der Waals surface area contributed by atoms with E-state index >= 15 is 0 Å². The maximum absolute atomic E-state index is 12.6. The largest absolute Gasteiger partial charge is 0.463 e. The minimum absolute atomic E-state index is 0.0511. The van der Waals surface area contributed by atoms with Crippen LogP contribution >= 0.6 is 0 Å². The summed E-state index contributed by atoms with van der Waals surface area (Å²) >= 11 is 0. The third-order valence-electron chi connectivity index (χ3n) is 4.03. The summed E-state index contributed by atoms with van der Waals surface area (Å²) in [4.78, 5) is 31.9. The molecule has 0 bridgehead atoms. The molecule has 0 aliphatic carbocycles. The summed E-state index contributed by atoms with van der Waals surface area (Å²) in [6, 6.07) is 6.33. The molecule has 1 atom stereocenters.